The minimum absolute atomic E-state index is 0.104. The van der Waals surface area contributed by atoms with E-state index in [2.05, 4.69) is 35.4 Å². The van der Waals surface area contributed by atoms with Gasteiger partial charge in [0.05, 0.1) is 16.6 Å². The van der Waals surface area contributed by atoms with Crippen LogP contribution in [-0.2, 0) is 6.42 Å². The fourth-order valence-corrected chi connectivity index (χ4v) is 2.18. The van der Waals surface area contributed by atoms with Crippen LogP contribution in [0, 0.1) is 0 Å². The Morgan fingerprint density at radius 3 is 2.87 bits per heavy atom. The van der Waals surface area contributed by atoms with Gasteiger partial charge in [-0.1, -0.05) is 30.5 Å². The first-order chi connectivity index (χ1) is 7.22. The standard InChI is InChI=1S/C10H18N4S/c1-4-7(3)6-9(12-11)10-8(5-2)13-14-15-10/h9,12H,3-6,11H2,1-2H3. The number of nitrogens with zero attached hydrogens (tertiary/aromatic N) is 2. The third-order valence-electron chi connectivity index (χ3n) is 2.43. The van der Waals surface area contributed by atoms with Crippen LogP contribution in [0.2, 0.25) is 0 Å². The molecule has 0 aliphatic heterocycles. The van der Waals surface area contributed by atoms with Gasteiger partial charge in [-0.3, -0.25) is 11.3 Å². The van der Waals surface area contributed by atoms with Gasteiger partial charge in [0.25, 0.3) is 0 Å². The monoisotopic (exact) mass is 226 g/mol. The maximum absolute atomic E-state index is 5.55. The molecule has 0 fully saturated rings. The third-order valence-corrected chi connectivity index (χ3v) is 3.31. The van der Waals surface area contributed by atoms with Gasteiger partial charge in [-0.05, 0) is 30.8 Å². The summed E-state index contributed by atoms with van der Waals surface area (Å²) in [6.45, 7) is 8.17. The highest BCUT2D eigenvalue weighted by Crippen LogP contribution is 2.26. The highest BCUT2D eigenvalue weighted by atomic mass is 32.1. The summed E-state index contributed by atoms with van der Waals surface area (Å²) < 4.78 is 3.96. The van der Waals surface area contributed by atoms with E-state index in [1.54, 1.807) is 0 Å². The summed E-state index contributed by atoms with van der Waals surface area (Å²) in [5.41, 5.74) is 5.04. The van der Waals surface area contributed by atoms with Crippen molar-refractivity contribution < 1.29 is 0 Å². The van der Waals surface area contributed by atoms with E-state index in [9.17, 15) is 0 Å². The molecule has 15 heavy (non-hydrogen) atoms. The minimum atomic E-state index is 0.104. The minimum Gasteiger partial charge on any atom is -0.271 e. The lowest BCUT2D eigenvalue weighted by Crippen LogP contribution is -2.28. The highest BCUT2D eigenvalue weighted by molar-refractivity contribution is 7.05. The molecule has 1 aromatic heterocycles. The van der Waals surface area contributed by atoms with Gasteiger partial charge in [0.15, 0.2) is 0 Å². The second-order valence-corrected chi connectivity index (χ2v) is 4.25. The second kappa shape index (κ2) is 5.95. The Labute approximate surface area is 94.7 Å². The Morgan fingerprint density at radius 2 is 2.33 bits per heavy atom. The number of hydrogen-bond donors (Lipinski definition) is 2. The topological polar surface area (TPSA) is 63.8 Å². The molecule has 4 nitrogen and oxygen atoms in total. The molecule has 0 saturated heterocycles. The molecule has 1 heterocycles. The van der Waals surface area contributed by atoms with Crippen LogP contribution < -0.4 is 11.3 Å². The Hall–Kier alpha value is -0.780. The van der Waals surface area contributed by atoms with Gasteiger partial charge in [-0.2, -0.15) is 0 Å². The fraction of sp³-hybridized carbons (Fsp3) is 0.600. The number of aryl methyl sites for hydroxylation is 1. The summed E-state index contributed by atoms with van der Waals surface area (Å²) in [6, 6.07) is 0.104. The smallest absolute Gasteiger partial charge is 0.0801 e. The van der Waals surface area contributed by atoms with Gasteiger partial charge in [-0.15, -0.1) is 5.10 Å². The zero-order chi connectivity index (χ0) is 11.3. The molecule has 5 heteroatoms. The van der Waals surface area contributed by atoms with Crippen LogP contribution in [0.1, 0.15) is 43.3 Å². The van der Waals surface area contributed by atoms with Crippen molar-refractivity contribution in [2.24, 2.45) is 5.84 Å². The van der Waals surface area contributed by atoms with Gasteiger partial charge in [0.1, 0.15) is 0 Å². The first-order valence-corrected chi connectivity index (χ1v) is 5.94. The molecule has 1 atom stereocenters. The van der Waals surface area contributed by atoms with E-state index in [1.807, 2.05) is 0 Å². The van der Waals surface area contributed by atoms with E-state index in [4.69, 9.17) is 5.84 Å². The maximum Gasteiger partial charge on any atom is 0.0801 e. The first-order valence-electron chi connectivity index (χ1n) is 5.16. The summed E-state index contributed by atoms with van der Waals surface area (Å²) in [4.78, 5) is 1.13. The molecule has 84 valence electrons. The number of hydrogen-bond acceptors (Lipinski definition) is 5. The van der Waals surface area contributed by atoms with Crippen molar-refractivity contribution in [3.8, 4) is 0 Å². The number of nitrogens with one attached hydrogen (secondary N) is 1. The van der Waals surface area contributed by atoms with E-state index in [-0.39, 0.29) is 6.04 Å². The van der Waals surface area contributed by atoms with Gasteiger partial charge < -0.3 is 0 Å². The van der Waals surface area contributed by atoms with Gasteiger partial charge in [0.2, 0.25) is 0 Å². The SMILES string of the molecule is C=C(CC)CC(NN)c1snnc1CC. The van der Waals surface area contributed by atoms with E-state index >= 15 is 0 Å². The molecule has 3 N–H and O–H groups in total. The highest BCUT2D eigenvalue weighted by Gasteiger charge is 2.17. The van der Waals surface area contributed by atoms with Gasteiger partial charge >= 0.3 is 0 Å². The molecule has 1 aromatic rings. The Bertz CT molecular complexity index is 321. The summed E-state index contributed by atoms with van der Waals surface area (Å²) in [7, 11) is 0. The quantitative estimate of drug-likeness (QED) is 0.442. The van der Waals surface area contributed by atoms with Crippen molar-refractivity contribution in [2.75, 3.05) is 0 Å². The van der Waals surface area contributed by atoms with Gasteiger partial charge in [-0.25, -0.2) is 0 Å². The maximum atomic E-state index is 5.55. The Kier molecular flexibility index (Phi) is 4.87. The van der Waals surface area contributed by atoms with Crippen molar-refractivity contribution in [2.45, 2.75) is 39.2 Å². The van der Waals surface area contributed by atoms with Crippen molar-refractivity contribution in [1.29, 1.82) is 0 Å². The normalized spacial score (nSPS) is 12.7. The third kappa shape index (κ3) is 3.09. The molecule has 0 aliphatic rings. The number of aromatic nitrogens is 2. The zero-order valence-corrected chi connectivity index (χ0v) is 10.1. The first kappa shape index (κ1) is 12.3. The predicted octanol–water partition coefficient (Wildman–Crippen LogP) is 1.96. The molecule has 0 bridgehead atoms. The Morgan fingerprint density at radius 1 is 1.60 bits per heavy atom. The summed E-state index contributed by atoms with van der Waals surface area (Å²) in [5, 5.41) is 4.08. The van der Waals surface area contributed by atoms with Crippen LogP contribution >= 0.6 is 11.5 Å². The summed E-state index contributed by atoms with van der Waals surface area (Å²) in [5.74, 6) is 5.55. The van der Waals surface area contributed by atoms with Crippen molar-refractivity contribution in [3.05, 3.63) is 22.7 Å². The second-order valence-electron chi connectivity index (χ2n) is 3.46. The van der Waals surface area contributed by atoms with Crippen LogP contribution in [0.15, 0.2) is 12.2 Å². The lowest BCUT2D eigenvalue weighted by molar-refractivity contribution is 0.548. The van der Waals surface area contributed by atoms with Crippen LogP contribution in [0.3, 0.4) is 0 Å². The molecular formula is C10H18N4S. The van der Waals surface area contributed by atoms with Crippen molar-refractivity contribution >= 4 is 11.5 Å². The van der Waals surface area contributed by atoms with E-state index in [1.165, 1.54) is 17.1 Å². The molecule has 0 spiro atoms. The van der Waals surface area contributed by atoms with Crippen molar-refractivity contribution in [3.63, 3.8) is 0 Å². The largest absolute Gasteiger partial charge is 0.271 e. The molecule has 1 unspecified atom stereocenters. The number of nitrogens with two attached hydrogens (primary N) is 1. The van der Waals surface area contributed by atoms with Crippen LogP contribution in [0.5, 0.6) is 0 Å². The average molecular weight is 226 g/mol. The lowest BCUT2D eigenvalue weighted by atomic mass is 10.0. The zero-order valence-electron chi connectivity index (χ0n) is 9.29. The van der Waals surface area contributed by atoms with E-state index in [0.717, 1.165) is 29.8 Å². The number of rotatable bonds is 6. The summed E-state index contributed by atoms with van der Waals surface area (Å²) >= 11 is 1.41. The number of hydrazine groups is 1. The van der Waals surface area contributed by atoms with Crippen LogP contribution in [0.25, 0.3) is 0 Å². The van der Waals surface area contributed by atoms with Crippen LogP contribution in [-0.4, -0.2) is 9.59 Å². The van der Waals surface area contributed by atoms with Crippen LogP contribution in [0.4, 0.5) is 0 Å². The molecular weight excluding hydrogens is 208 g/mol. The molecule has 1 rings (SSSR count). The van der Waals surface area contributed by atoms with E-state index < -0.39 is 0 Å². The fourth-order valence-electron chi connectivity index (χ4n) is 1.39. The average Bonchev–Trinajstić information content (AvgIpc) is 2.73. The van der Waals surface area contributed by atoms with E-state index in [0.29, 0.717) is 0 Å². The summed E-state index contributed by atoms with van der Waals surface area (Å²) in [6.07, 6.45) is 2.72. The van der Waals surface area contributed by atoms with Crippen molar-refractivity contribution in [1.82, 2.24) is 15.0 Å². The molecule has 0 radical (unpaired) electrons. The molecule has 0 aromatic carbocycles. The Balaban J connectivity index is 2.78. The van der Waals surface area contributed by atoms with Gasteiger partial charge in [0, 0.05) is 0 Å². The molecule has 0 saturated carbocycles. The molecule has 0 aliphatic carbocycles. The molecule has 0 amide bonds. The lowest BCUT2D eigenvalue weighted by Gasteiger charge is -2.15. The predicted molar refractivity (Wildman–Crippen MR) is 63.4 cm³/mol.